The van der Waals surface area contributed by atoms with Gasteiger partial charge in [0.2, 0.25) is 0 Å². The fourth-order valence-corrected chi connectivity index (χ4v) is 2.61. The predicted molar refractivity (Wildman–Crippen MR) is 77.3 cm³/mol. The van der Waals surface area contributed by atoms with Crippen LogP contribution in [0.4, 0.5) is 0 Å². The van der Waals surface area contributed by atoms with E-state index in [9.17, 15) is 0 Å². The number of rotatable bonds is 3. The minimum atomic E-state index is 0.853. The summed E-state index contributed by atoms with van der Waals surface area (Å²) < 4.78 is 5.15. The van der Waals surface area contributed by atoms with Gasteiger partial charge in [-0.15, -0.1) is 11.3 Å². The number of ether oxygens (including phenoxy) is 1. The standard InChI is InChI=1S/C15H12N2OS/c1-18-13-6-4-11(5-7-13)14-10-19-15(17-14)12-3-2-8-16-9-12/h2-10H,1H3. The highest BCUT2D eigenvalue weighted by molar-refractivity contribution is 7.13. The number of pyridine rings is 1. The molecule has 0 aliphatic carbocycles. The molecule has 0 aliphatic rings. The third-order valence-electron chi connectivity index (χ3n) is 2.80. The molecule has 0 amide bonds. The summed E-state index contributed by atoms with van der Waals surface area (Å²) in [6.45, 7) is 0. The van der Waals surface area contributed by atoms with Crippen LogP contribution in [0.2, 0.25) is 0 Å². The molecule has 0 N–H and O–H groups in total. The highest BCUT2D eigenvalue weighted by atomic mass is 32.1. The first-order chi connectivity index (χ1) is 9.36. The Kier molecular flexibility index (Phi) is 3.25. The molecule has 0 aliphatic heterocycles. The summed E-state index contributed by atoms with van der Waals surface area (Å²) in [6, 6.07) is 11.9. The van der Waals surface area contributed by atoms with Crippen molar-refractivity contribution in [2.24, 2.45) is 0 Å². The lowest BCUT2D eigenvalue weighted by Crippen LogP contribution is -1.83. The molecule has 0 radical (unpaired) electrons. The average molecular weight is 268 g/mol. The van der Waals surface area contributed by atoms with E-state index in [0.717, 1.165) is 27.6 Å². The first-order valence-electron chi connectivity index (χ1n) is 5.87. The van der Waals surface area contributed by atoms with Gasteiger partial charge in [0, 0.05) is 28.9 Å². The lowest BCUT2D eigenvalue weighted by Gasteiger charge is -2.00. The minimum Gasteiger partial charge on any atom is -0.497 e. The molecule has 0 saturated heterocycles. The largest absolute Gasteiger partial charge is 0.497 e. The van der Waals surface area contributed by atoms with Crippen molar-refractivity contribution in [2.75, 3.05) is 7.11 Å². The SMILES string of the molecule is COc1ccc(-c2csc(-c3cccnc3)n2)cc1. The summed E-state index contributed by atoms with van der Waals surface area (Å²) in [4.78, 5) is 8.76. The number of benzene rings is 1. The van der Waals surface area contributed by atoms with E-state index in [-0.39, 0.29) is 0 Å². The van der Waals surface area contributed by atoms with Gasteiger partial charge >= 0.3 is 0 Å². The van der Waals surface area contributed by atoms with Crippen LogP contribution in [0.1, 0.15) is 0 Å². The molecular formula is C15H12N2OS. The summed E-state index contributed by atoms with van der Waals surface area (Å²) in [7, 11) is 1.67. The zero-order valence-corrected chi connectivity index (χ0v) is 11.2. The Hall–Kier alpha value is -2.20. The molecule has 0 spiro atoms. The maximum atomic E-state index is 5.15. The maximum absolute atomic E-state index is 5.15. The second kappa shape index (κ2) is 5.20. The molecule has 2 aromatic heterocycles. The number of nitrogens with zero attached hydrogens (tertiary/aromatic N) is 2. The summed E-state index contributed by atoms with van der Waals surface area (Å²) in [6.07, 6.45) is 3.60. The zero-order chi connectivity index (χ0) is 13.1. The number of aromatic nitrogens is 2. The van der Waals surface area contributed by atoms with Gasteiger partial charge in [-0.05, 0) is 36.4 Å². The molecule has 3 rings (SSSR count). The molecule has 0 unspecified atom stereocenters. The van der Waals surface area contributed by atoms with E-state index in [1.165, 1.54) is 0 Å². The summed E-state index contributed by atoms with van der Waals surface area (Å²) >= 11 is 1.63. The number of methoxy groups -OCH3 is 1. The quantitative estimate of drug-likeness (QED) is 0.723. The van der Waals surface area contributed by atoms with E-state index in [1.54, 1.807) is 24.6 Å². The molecule has 19 heavy (non-hydrogen) atoms. The van der Waals surface area contributed by atoms with Gasteiger partial charge < -0.3 is 4.74 Å². The molecule has 0 atom stereocenters. The summed E-state index contributed by atoms with van der Waals surface area (Å²) in [5.41, 5.74) is 3.12. The average Bonchev–Trinajstić information content (AvgIpc) is 2.98. The first kappa shape index (κ1) is 11.9. The molecule has 3 aromatic rings. The van der Waals surface area contributed by atoms with E-state index in [4.69, 9.17) is 4.74 Å². The molecule has 4 heteroatoms. The topological polar surface area (TPSA) is 35.0 Å². The summed E-state index contributed by atoms with van der Waals surface area (Å²) in [5.74, 6) is 0.853. The van der Waals surface area contributed by atoms with E-state index in [2.05, 4.69) is 15.3 Å². The monoisotopic (exact) mass is 268 g/mol. The van der Waals surface area contributed by atoms with Crippen molar-refractivity contribution in [1.82, 2.24) is 9.97 Å². The van der Waals surface area contributed by atoms with Gasteiger partial charge in [0.1, 0.15) is 10.8 Å². The van der Waals surface area contributed by atoms with Crippen LogP contribution in [0.15, 0.2) is 54.2 Å². The second-order valence-corrected chi connectivity index (χ2v) is 4.87. The highest BCUT2D eigenvalue weighted by Crippen LogP contribution is 2.29. The molecule has 3 nitrogen and oxygen atoms in total. The molecular weight excluding hydrogens is 256 g/mol. The van der Waals surface area contributed by atoms with E-state index < -0.39 is 0 Å². The maximum Gasteiger partial charge on any atom is 0.125 e. The summed E-state index contributed by atoms with van der Waals surface area (Å²) in [5, 5.41) is 3.04. The third kappa shape index (κ3) is 2.48. The van der Waals surface area contributed by atoms with Crippen LogP contribution in [0.25, 0.3) is 21.8 Å². The Balaban J connectivity index is 1.92. The zero-order valence-electron chi connectivity index (χ0n) is 10.4. The fourth-order valence-electron chi connectivity index (χ4n) is 1.79. The van der Waals surface area contributed by atoms with Crippen molar-refractivity contribution in [3.8, 4) is 27.6 Å². The predicted octanol–water partition coefficient (Wildman–Crippen LogP) is 3.88. The van der Waals surface area contributed by atoms with Crippen LogP contribution >= 0.6 is 11.3 Å². The Bertz CT molecular complexity index is 662. The van der Waals surface area contributed by atoms with E-state index >= 15 is 0 Å². The molecule has 1 aromatic carbocycles. The van der Waals surface area contributed by atoms with Crippen LogP contribution in [0, 0.1) is 0 Å². The second-order valence-electron chi connectivity index (χ2n) is 4.01. The molecule has 0 fully saturated rings. The normalized spacial score (nSPS) is 10.4. The lowest BCUT2D eigenvalue weighted by molar-refractivity contribution is 0.415. The smallest absolute Gasteiger partial charge is 0.125 e. The van der Waals surface area contributed by atoms with Gasteiger partial charge in [0.05, 0.1) is 12.8 Å². The van der Waals surface area contributed by atoms with Crippen LogP contribution in [0.5, 0.6) is 5.75 Å². The Morgan fingerprint density at radius 2 is 1.89 bits per heavy atom. The number of thiazole rings is 1. The Morgan fingerprint density at radius 1 is 1.05 bits per heavy atom. The number of hydrogen-bond donors (Lipinski definition) is 0. The van der Waals surface area contributed by atoms with Gasteiger partial charge in [-0.3, -0.25) is 4.98 Å². The fraction of sp³-hybridized carbons (Fsp3) is 0.0667. The van der Waals surface area contributed by atoms with Gasteiger partial charge in [-0.1, -0.05) is 0 Å². The Labute approximate surface area is 115 Å². The van der Waals surface area contributed by atoms with Crippen LogP contribution in [0.3, 0.4) is 0 Å². The molecule has 0 saturated carbocycles. The van der Waals surface area contributed by atoms with E-state index in [0.29, 0.717) is 0 Å². The molecule has 0 bridgehead atoms. The lowest BCUT2D eigenvalue weighted by atomic mass is 10.2. The van der Waals surface area contributed by atoms with Crippen LogP contribution < -0.4 is 4.74 Å². The molecule has 2 heterocycles. The van der Waals surface area contributed by atoms with Crippen LogP contribution in [-0.4, -0.2) is 17.1 Å². The Morgan fingerprint density at radius 3 is 2.58 bits per heavy atom. The van der Waals surface area contributed by atoms with Gasteiger partial charge in [-0.25, -0.2) is 4.98 Å². The van der Waals surface area contributed by atoms with Crippen molar-refractivity contribution in [2.45, 2.75) is 0 Å². The van der Waals surface area contributed by atoms with Crippen LogP contribution in [-0.2, 0) is 0 Å². The highest BCUT2D eigenvalue weighted by Gasteiger charge is 2.06. The first-order valence-corrected chi connectivity index (χ1v) is 6.75. The third-order valence-corrected chi connectivity index (χ3v) is 3.69. The number of hydrogen-bond acceptors (Lipinski definition) is 4. The van der Waals surface area contributed by atoms with Gasteiger partial charge in [0.15, 0.2) is 0 Å². The van der Waals surface area contributed by atoms with Crippen molar-refractivity contribution >= 4 is 11.3 Å². The van der Waals surface area contributed by atoms with Crippen molar-refractivity contribution in [3.63, 3.8) is 0 Å². The van der Waals surface area contributed by atoms with Crippen molar-refractivity contribution in [3.05, 3.63) is 54.2 Å². The molecule has 94 valence electrons. The van der Waals surface area contributed by atoms with Gasteiger partial charge in [0.25, 0.3) is 0 Å². The van der Waals surface area contributed by atoms with Crippen molar-refractivity contribution in [1.29, 1.82) is 0 Å². The minimum absolute atomic E-state index is 0.853. The van der Waals surface area contributed by atoms with Crippen molar-refractivity contribution < 1.29 is 4.74 Å². The van der Waals surface area contributed by atoms with E-state index in [1.807, 2.05) is 42.6 Å². The van der Waals surface area contributed by atoms with Gasteiger partial charge in [-0.2, -0.15) is 0 Å².